The maximum absolute atomic E-state index is 5.47. The van der Waals surface area contributed by atoms with Gasteiger partial charge in [0, 0.05) is 26.1 Å². The van der Waals surface area contributed by atoms with E-state index in [1.807, 2.05) is 43.0 Å². The minimum absolute atomic E-state index is 0.0125. The molecule has 4 heteroatoms. The second kappa shape index (κ2) is 6.29. The van der Waals surface area contributed by atoms with E-state index in [0.717, 1.165) is 17.0 Å². The monoisotopic (exact) mass is 257 g/mol. The van der Waals surface area contributed by atoms with Crippen molar-refractivity contribution in [1.29, 1.82) is 0 Å². The lowest BCUT2D eigenvalue weighted by atomic mass is 10.1. The predicted molar refractivity (Wildman–Crippen MR) is 76.6 cm³/mol. The summed E-state index contributed by atoms with van der Waals surface area (Å²) < 4.78 is 7.45. The van der Waals surface area contributed by atoms with E-state index >= 15 is 0 Å². The van der Waals surface area contributed by atoms with E-state index in [4.69, 9.17) is 4.74 Å². The number of aliphatic imine (C=N–C) groups is 1. The summed E-state index contributed by atoms with van der Waals surface area (Å²) in [7, 11) is 3.68. The van der Waals surface area contributed by atoms with Gasteiger partial charge in [0.05, 0.1) is 12.9 Å². The fourth-order valence-electron chi connectivity index (χ4n) is 1.85. The molecule has 0 N–H and O–H groups in total. The number of hydrogen-bond donors (Lipinski definition) is 0. The molecule has 2 rings (SSSR count). The molecule has 0 bridgehead atoms. The summed E-state index contributed by atoms with van der Waals surface area (Å²) in [5.74, 6) is 0. The third-order valence-electron chi connectivity index (χ3n) is 3.21. The van der Waals surface area contributed by atoms with Crippen molar-refractivity contribution in [3.05, 3.63) is 53.6 Å². The van der Waals surface area contributed by atoms with Crippen LogP contribution in [0.15, 0.2) is 41.7 Å². The molecule has 0 spiro atoms. The van der Waals surface area contributed by atoms with Gasteiger partial charge in [-0.25, -0.2) is 4.98 Å². The average Bonchev–Trinajstić information content (AvgIpc) is 2.76. The molecule has 0 saturated heterocycles. The Kier molecular flexibility index (Phi) is 4.47. The molecule has 0 aliphatic heterocycles. The number of aromatic nitrogens is 2. The summed E-state index contributed by atoms with van der Waals surface area (Å²) in [6.45, 7) is 2.62. The number of aryl methyl sites for hydroxylation is 1. The van der Waals surface area contributed by atoms with Crippen molar-refractivity contribution < 1.29 is 4.74 Å². The molecule has 0 saturated carbocycles. The minimum Gasteiger partial charge on any atom is -0.375 e. The van der Waals surface area contributed by atoms with Crippen LogP contribution in [0.4, 0.5) is 0 Å². The van der Waals surface area contributed by atoms with Crippen molar-refractivity contribution in [3.63, 3.8) is 0 Å². The van der Waals surface area contributed by atoms with Gasteiger partial charge < -0.3 is 9.30 Å². The molecular formula is C15H19N3O. The van der Waals surface area contributed by atoms with Crippen LogP contribution in [0.2, 0.25) is 0 Å². The van der Waals surface area contributed by atoms with Gasteiger partial charge in [0.1, 0.15) is 11.8 Å². The van der Waals surface area contributed by atoms with Crippen molar-refractivity contribution in [2.24, 2.45) is 12.0 Å². The zero-order chi connectivity index (χ0) is 13.7. The van der Waals surface area contributed by atoms with Gasteiger partial charge in [-0.15, -0.1) is 0 Å². The fourth-order valence-corrected chi connectivity index (χ4v) is 1.85. The molecule has 0 fully saturated rings. The quantitative estimate of drug-likeness (QED) is 0.772. The van der Waals surface area contributed by atoms with Crippen LogP contribution >= 0.6 is 0 Å². The number of nitrogens with zero attached hydrogens (tertiary/aromatic N) is 3. The summed E-state index contributed by atoms with van der Waals surface area (Å²) in [4.78, 5) is 8.72. The van der Waals surface area contributed by atoms with Gasteiger partial charge in [-0.2, -0.15) is 0 Å². The molecule has 19 heavy (non-hydrogen) atoms. The number of methoxy groups -OCH3 is 1. The van der Waals surface area contributed by atoms with Crippen LogP contribution in [0.3, 0.4) is 0 Å². The van der Waals surface area contributed by atoms with Gasteiger partial charge in [-0.3, -0.25) is 4.99 Å². The van der Waals surface area contributed by atoms with E-state index in [-0.39, 0.29) is 6.10 Å². The van der Waals surface area contributed by atoms with Crippen LogP contribution in [-0.4, -0.2) is 29.4 Å². The molecule has 0 aliphatic rings. The van der Waals surface area contributed by atoms with Gasteiger partial charge in [0.15, 0.2) is 0 Å². The van der Waals surface area contributed by atoms with E-state index in [2.05, 4.69) is 22.1 Å². The highest BCUT2D eigenvalue weighted by atomic mass is 16.5. The topological polar surface area (TPSA) is 39.4 Å². The SMILES string of the molecule is COC(CN=Cc1ncn(C)c1C)c1ccccc1. The Morgan fingerprint density at radius 2 is 2.11 bits per heavy atom. The van der Waals surface area contributed by atoms with Crippen LogP contribution in [0, 0.1) is 6.92 Å². The van der Waals surface area contributed by atoms with E-state index in [1.54, 1.807) is 13.4 Å². The smallest absolute Gasteiger partial charge is 0.102 e. The minimum atomic E-state index is -0.0125. The summed E-state index contributed by atoms with van der Waals surface area (Å²) in [6.07, 6.45) is 3.59. The summed E-state index contributed by atoms with van der Waals surface area (Å²) in [5, 5.41) is 0. The number of hydrogen-bond acceptors (Lipinski definition) is 3. The highest BCUT2D eigenvalue weighted by Gasteiger charge is 2.08. The van der Waals surface area contributed by atoms with Gasteiger partial charge in [-0.1, -0.05) is 30.3 Å². The molecule has 0 aliphatic carbocycles. The van der Waals surface area contributed by atoms with E-state index < -0.39 is 0 Å². The van der Waals surface area contributed by atoms with Crippen LogP contribution in [0.5, 0.6) is 0 Å². The van der Waals surface area contributed by atoms with E-state index in [0.29, 0.717) is 6.54 Å². The zero-order valence-corrected chi connectivity index (χ0v) is 11.6. The fraction of sp³-hybridized carbons (Fsp3) is 0.333. The second-order valence-electron chi connectivity index (χ2n) is 4.46. The summed E-state index contributed by atoms with van der Waals surface area (Å²) in [6, 6.07) is 10.1. The van der Waals surface area contributed by atoms with Crippen molar-refractivity contribution >= 4 is 6.21 Å². The van der Waals surface area contributed by atoms with Crippen molar-refractivity contribution in [2.75, 3.05) is 13.7 Å². The first-order chi connectivity index (χ1) is 9.22. The first-order valence-electron chi connectivity index (χ1n) is 6.28. The van der Waals surface area contributed by atoms with Crippen molar-refractivity contribution in [3.8, 4) is 0 Å². The first-order valence-corrected chi connectivity index (χ1v) is 6.28. The lowest BCUT2D eigenvalue weighted by Gasteiger charge is -2.12. The maximum Gasteiger partial charge on any atom is 0.102 e. The van der Waals surface area contributed by atoms with E-state index in [9.17, 15) is 0 Å². The van der Waals surface area contributed by atoms with Crippen LogP contribution in [0.25, 0.3) is 0 Å². The predicted octanol–water partition coefficient (Wildman–Crippen LogP) is 2.54. The normalized spacial score (nSPS) is 13.0. The molecule has 1 aromatic heterocycles. The molecule has 2 aromatic rings. The van der Waals surface area contributed by atoms with Crippen molar-refractivity contribution in [1.82, 2.24) is 9.55 Å². The summed E-state index contributed by atoms with van der Waals surface area (Å²) >= 11 is 0. The number of benzene rings is 1. The van der Waals surface area contributed by atoms with Gasteiger partial charge in [-0.05, 0) is 12.5 Å². The van der Waals surface area contributed by atoms with Crippen LogP contribution in [0.1, 0.15) is 23.1 Å². The second-order valence-corrected chi connectivity index (χ2v) is 4.46. The third-order valence-corrected chi connectivity index (χ3v) is 3.21. The molecular weight excluding hydrogens is 238 g/mol. The average molecular weight is 257 g/mol. The zero-order valence-electron chi connectivity index (χ0n) is 11.6. The third kappa shape index (κ3) is 3.29. The molecule has 0 radical (unpaired) electrons. The highest BCUT2D eigenvalue weighted by molar-refractivity contribution is 5.78. The van der Waals surface area contributed by atoms with Gasteiger partial charge in [0.2, 0.25) is 0 Å². The Bertz CT molecular complexity index is 546. The standard InChI is InChI=1S/C15H19N3O/c1-12-14(17-11-18(12)2)9-16-10-15(19-3)13-7-5-4-6-8-13/h4-9,11,15H,10H2,1-3H3. The molecule has 1 aromatic carbocycles. The van der Waals surface area contributed by atoms with Gasteiger partial charge in [0.25, 0.3) is 0 Å². The Hall–Kier alpha value is -1.94. The highest BCUT2D eigenvalue weighted by Crippen LogP contribution is 2.16. The number of rotatable bonds is 5. The van der Waals surface area contributed by atoms with Crippen LogP contribution < -0.4 is 0 Å². The Morgan fingerprint density at radius 1 is 1.37 bits per heavy atom. The molecule has 1 unspecified atom stereocenters. The first kappa shape index (κ1) is 13.5. The molecule has 1 atom stereocenters. The van der Waals surface area contributed by atoms with Crippen LogP contribution in [-0.2, 0) is 11.8 Å². The molecule has 100 valence electrons. The number of imidazole rings is 1. The number of ether oxygens (including phenoxy) is 1. The lowest BCUT2D eigenvalue weighted by Crippen LogP contribution is -2.05. The van der Waals surface area contributed by atoms with Crippen molar-refractivity contribution in [2.45, 2.75) is 13.0 Å². The molecule has 0 amide bonds. The maximum atomic E-state index is 5.47. The Balaban J connectivity index is 2.03. The Morgan fingerprint density at radius 3 is 2.68 bits per heavy atom. The molecule has 1 heterocycles. The summed E-state index contributed by atoms with van der Waals surface area (Å²) in [5.41, 5.74) is 3.16. The Labute approximate surface area is 113 Å². The van der Waals surface area contributed by atoms with E-state index in [1.165, 1.54) is 0 Å². The van der Waals surface area contributed by atoms with Gasteiger partial charge >= 0.3 is 0 Å². The largest absolute Gasteiger partial charge is 0.375 e. The lowest BCUT2D eigenvalue weighted by molar-refractivity contribution is 0.111. The molecule has 4 nitrogen and oxygen atoms in total.